The number of anilines is 2. The molecule has 2 aliphatic heterocycles. The van der Waals surface area contributed by atoms with Crippen LogP contribution in [0.15, 0.2) is 36.8 Å². The highest BCUT2D eigenvalue weighted by Crippen LogP contribution is 2.18. The molecule has 2 N–H and O–H groups in total. The van der Waals surface area contributed by atoms with E-state index in [0.29, 0.717) is 6.54 Å². The number of carbonyl (C=O) groups is 1. The van der Waals surface area contributed by atoms with Crippen LogP contribution in [0.1, 0.15) is 31.2 Å². The van der Waals surface area contributed by atoms with Gasteiger partial charge in [0, 0.05) is 57.4 Å². The molecule has 28 heavy (non-hydrogen) atoms. The third-order valence-electron chi connectivity index (χ3n) is 5.36. The van der Waals surface area contributed by atoms with E-state index in [1.807, 2.05) is 24.4 Å². The highest BCUT2D eigenvalue weighted by Gasteiger charge is 2.22. The normalized spacial score (nSPS) is 17.6. The zero-order valence-electron chi connectivity index (χ0n) is 16.0. The van der Waals surface area contributed by atoms with E-state index in [4.69, 9.17) is 0 Å². The molecule has 2 fully saturated rings. The van der Waals surface area contributed by atoms with Gasteiger partial charge in [-0.15, -0.1) is 0 Å². The smallest absolute Gasteiger partial charge is 0.315 e. The Kier molecular flexibility index (Phi) is 5.84. The van der Waals surface area contributed by atoms with Crippen LogP contribution in [0.5, 0.6) is 0 Å². The average Bonchev–Trinajstić information content (AvgIpc) is 3.29. The molecular formula is C20H27N7O. The lowest BCUT2D eigenvalue weighted by atomic mass is 10.1. The van der Waals surface area contributed by atoms with Crippen LogP contribution in [0.2, 0.25) is 0 Å². The maximum Gasteiger partial charge on any atom is 0.315 e. The number of nitrogens with zero attached hydrogens (tertiary/aromatic N) is 5. The first-order valence-electron chi connectivity index (χ1n) is 10.0. The van der Waals surface area contributed by atoms with Crippen molar-refractivity contribution in [3.05, 3.63) is 42.4 Å². The van der Waals surface area contributed by atoms with Crippen LogP contribution in [0, 0.1) is 0 Å². The number of piperidine rings is 1. The number of hydrogen-bond acceptors (Lipinski definition) is 6. The van der Waals surface area contributed by atoms with Gasteiger partial charge in [-0.2, -0.15) is 0 Å². The van der Waals surface area contributed by atoms with Gasteiger partial charge in [0.1, 0.15) is 5.82 Å². The largest absolute Gasteiger partial charge is 0.357 e. The fourth-order valence-corrected chi connectivity index (χ4v) is 3.75. The summed E-state index contributed by atoms with van der Waals surface area (Å²) >= 11 is 0. The van der Waals surface area contributed by atoms with Gasteiger partial charge in [0.15, 0.2) is 0 Å². The third-order valence-corrected chi connectivity index (χ3v) is 5.36. The number of urea groups is 1. The van der Waals surface area contributed by atoms with Gasteiger partial charge in [0.2, 0.25) is 5.95 Å². The first kappa shape index (κ1) is 18.5. The minimum Gasteiger partial charge on any atom is -0.357 e. The number of hydrogen-bond donors (Lipinski definition) is 2. The molecule has 2 aromatic rings. The fourth-order valence-electron chi connectivity index (χ4n) is 3.75. The van der Waals surface area contributed by atoms with Crippen LogP contribution >= 0.6 is 0 Å². The van der Waals surface area contributed by atoms with Crippen molar-refractivity contribution in [1.82, 2.24) is 25.6 Å². The Morgan fingerprint density at radius 1 is 1.00 bits per heavy atom. The Morgan fingerprint density at radius 2 is 1.75 bits per heavy atom. The van der Waals surface area contributed by atoms with Gasteiger partial charge in [0.25, 0.3) is 0 Å². The van der Waals surface area contributed by atoms with Crippen molar-refractivity contribution in [3.63, 3.8) is 0 Å². The Bertz CT molecular complexity index is 754. The molecule has 0 atom stereocenters. The molecule has 8 heteroatoms. The lowest BCUT2D eigenvalue weighted by molar-refractivity contribution is 0.234. The first-order chi connectivity index (χ1) is 13.8. The molecule has 0 spiro atoms. The van der Waals surface area contributed by atoms with Crippen molar-refractivity contribution in [2.45, 2.75) is 38.3 Å². The Hall–Kier alpha value is -2.90. The number of nitrogens with one attached hydrogen (secondary N) is 2. The maximum absolute atomic E-state index is 12.2. The first-order valence-corrected chi connectivity index (χ1v) is 10.0. The average molecular weight is 381 g/mol. The van der Waals surface area contributed by atoms with Gasteiger partial charge in [-0.3, -0.25) is 0 Å². The van der Waals surface area contributed by atoms with E-state index >= 15 is 0 Å². The highest BCUT2D eigenvalue weighted by molar-refractivity contribution is 5.74. The Labute approximate surface area is 165 Å². The van der Waals surface area contributed by atoms with E-state index < -0.39 is 0 Å². The van der Waals surface area contributed by atoms with Crippen LogP contribution in [0.25, 0.3) is 0 Å². The van der Waals surface area contributed by atoms with E-state index in [-0.39, 0.29) is 12.1 Å². The summed E-state index contributed by atoms with van der Waals surface area (Å²) in [5, 5.41) is 6.01. The van der Waals surface area contributed by atoms with E-state index in [9.17, 15) is 4.79 Å². The van der Waals surface area contributed by atoms with Crippen molar-refractivity contribution < 1.29 is 4.79 Å². The van der Waals surface area contributed by atoms with E-state index in [0.717, 1.165) is 56.4 Å². The molecule has 0 bridgehead atoms. The summed E-state index contributed by atoms with van der Waals surface area (Å²) in [5.74, 6) is 1.79. The van der Waals surface area contributed by atoms with Gasteiger partial charge in [-0.1, -0.05) is 6.07 Å². The summed E-state index contributed by atoms with van der Waals surface area (Å²) in [7, 11) is 0. The molecule has 2 amide bonds. The lowest BCUT2D eigenvalue weighted by Crippen LogP contribution is -2.48. The second kappa shape index (κ2) is 8.86. The summed E-state index contributed by atoms with van der Waals surface area (Å²) in [6, 6.07) is 5.95. The van der Waals surface area contributed by atoms with Crippen molar-refractivity contribution in [1.29, 1.82) is 0 Å². The predicted molar refractivity (Wildman–Crippen MR) is 108 cm³/mol. The molecule has 0 saturated carbocycles. The van der Waals surface area contributed by atoms with Gasteiger partial charge in [-0.05, 0) is 43.4 Å². The molecule has 2 aromatic heterocycles. The van der Waals surface area contributed by atoms with Crippen molar-refractivity contribution >= 4 is 17.8 Å². The summed E-state index contributed by atoms with van der Waals surface area (Å²) in [5.41, 5.74) is 1.01. The molecular weight excluding hydrogens is 354 g/mol. The third kappa shape index (κ3) is 4.68. The minimum atomic E-state index is -0.127. The van der Waals surface area contributed by atoms with Gasteiger partial charge >= 0.3 is 6.03 Å². The molecule has 148 valence electrons. The molecule has 4 heterocycles. The zero-order chi connectivity index (χ0) is 19.2. The number of pyridine rings is 1. The monoisotopic (exact) mass is 381 g/mol. The Balaban J connectivity index is 1.19. The topological polar surface area (TPSA) is 86.3 Å². The van der Waals surface area contributed by atoms with Crippen LogP contribution in [0.3, 0.4) is 0 Å². The van der Waals surface area contributed by atoms with Crippen LogP contribution in [0.4, 0.5) is 16.6 Å². The van der Waals surface area contributed by atoms with Gasteiger partial charge in [0.05, 0.1) is 0 Å². The van der Waals surface area contributed by atoms with Crippen LogP contribution < -0.4 is 20.4 Å². The fraction of sp³-hybridized carbons (Fsp3) is 0.500. The van der Waals surface area contributed by atoms with Gasteiger partial charge in [-0.25, -0.2) is 19.7 Å². The molecule has 2 saturated heterocycles. The molecule has 0 aromatic carbocycles. The molecule has 4 rings (SSSR count). The second-order valence-electron chi connectivity index (χ2n) is 7.36. The maximum atomic E-state index is 12.2. The quantitative estimate of drug-likeness (QED) is 0.823. The minimum absolute atomic E-state index is 0.127. The van der Waals surface area contributed by atoms with Crippen molar-refractivity contribution in [2.24, 2.45) is 0 Å². The summed E-state index contributed by atoms with van der Waals surface area (Å²) < 4.78 is 0. The van der Waals surface area contributed by atoms with Gasteiger partial charge < -0.3 is 20.4 Å². The highest BCUT2D eigenvalue weighted by atomic mass is 16.2. The lowest BCUT2D eigenvalue weighted by Gasteiger charge is -2.32. The van der Waals surface area contributed by atoms with Crippen molar-refractivity contribution in [3.8, 4) is 0 Å². The summed E-state index contributed by atoms with van der Waals surface area (Å²) in [6.07, 6.45) is 9.62. The number of amides is 2. The molecule has 2 aliphatic rings. The van der Waals surface area contributed by atoms with Crippen LogP contribution in [-0.4, -0.2) is 53.2 Å². The van der Waals surface area contributed by atoms with E-state index in [2.05, 4.69) is 35.4 Å². The predicted octanol–water partition coefficient (Wildman–Crippen LogP) is 1.94. The SMILES string of the molecule is O=C(NCc1ccc(N2CCCC2)nc1)NC1CCN(c2ncccn2)CC1. The Morgan fingerprint density at radius 3 is 2.43 bits per heavy atom. The standard InChI is InChI=1S/C20H27N7O/c28-20(24-15-16-4-5-18(23-14-16)26-10-1-2-11-26)25-17-6-12-27(13-7-17)19-21-8-3-9-22-19/h3-5,8-9,14,17H,1-2,6-7,10-13,15H2,(H2,24,25,28). The molecule has 0 radical (unpaired) electrons. The summed E-state index contributed by atoms with van der Waals surface area (Å²) in [4.78, 5) is 29.8. The van der Waals surface area contributed by atoms with Crippen molar-refractivity contribution in [2.75, 3.05) is 36.0 Å². The number of aromatic nitrogens is 3. The second-order valence-corrected chi connectivity index (χ2v) is 7.36. The van der Waals surface area contributed by atoms with E-state index in [1.165, 1.54) is 12.8 Å². The molecule has 0 unspecified atom stereocenters. The number of carbonyl (C=O) groups excluding carboxylic acids is 1. The molecule has 0 aliphatic carbocycles. The number of rotatable bonds is 5. The van der Waals surface area contributed by atoms with E-state index in [1.54, 1.807) is 12.4 Å². The molecule has 8 nitrogen and oxygen atoms in total. The zero-order valence-corrected chi connectivity index (χ0v) is 16.0. The summed E-state index contributed by atoms with van der Waals surface area (Å²) in [6.45, 7) is 4.34. The van der Waals surface area contributed by atoms with Crippen LogP contribution in [-0.2, 0) is 6.54 Å².